The fourth-order valence-electron chi connectivity index (χ4n) is 3.85. The first-order chi connectivity index (χ1) is 11.5. The van der Waals surface area contributed by atoms with Crippen LogP contribution in [-0.2, 0) is 0 Å². The Labute approximate surface area is 148 Å². The molecule has 2 fully saturated rings. The quantitative estimate of drug-likeness (QED) is 0.573. The fourth-order valence-corrected chi connectivity index (χ4v) is 3.85. The lowest BCUT2D eigenvalue weighted by Gasteiger charge is -2.33. The van der Waals surface area contributed by atoms with Crippen LogP contribution in [0, 0.1) is 5.41 Å². The Balaban J connectivity index is 0.000000254. The highest BCUT2D eigenvalue weighted by Crippen LogP contribution is 2.34. The van der Waals surface area contributed by atoms with E-state index in [0.29, 0.717) is 12.8 Å². The van der Waals surface area contributed by atoms with Crippen molar-refractivity contribution in [2.75, 3.05) is 13.2 Å². The van der Waals surface area contributed by atoms with Gasteiger partial charge in [0.1, 0.15) is 0 Å². The average molecular weight is 345 g/mol. The predicted octanol–water partition coefficient (Wildman–Crippen LogP) is 3.89. The Bertz CT molecular complexity index is 278. The second kappa shape index (κ2) is 12.2. The highest BCUT2D eigenvalue weighted by atomic mass is 16.5. The van der Waals surface area contributed by atoms with Gasteiger partial charge < -0.3 is 20.4 Å². The van der Waals surface area contributed by atoms with Crippen LogP contribution in [0.15, 0.2) is 0 Å². The lowest BCUT2D eigenvalue weighted by molar-refractivity contribution is -0.172. The van der Waals surface area contributed by atoms with Crippen molar-refractivity contribution in [2.24, 2.45) is 5.41 Å². The van der Waals surface area contributed by atoms with E-state index < -0.39 is 5.79 Å². The van der Waals surface area contributed by atoms with Crippen molar-refractivity contribution in [3.05, 3.63) is 0 Å². The van der Waals surface area contributed by atoms with Gasteiger partial charge in [-0.05, 0) is 25.7 Å². The van der Waals surface area contributed by atoms with Crippen LogP contribution in [0.25, 0.3) is 0 Å². The molecule has 0 amide bonds. The van der Waals surface area contributed by atoms with Crippen molar-refractivity contribution in [3.63, 3.8) is 0 Å². The molecule has 0 saturated heterocycles. The maximum absolute atomic E-state index is 9.61. The number of aliphatic hydroxyl groups excluding tert-OH is 2. The van der Waals surface area contributed by atoms with E-state index in [1.807, 2.05) is 0 Å². The smallest absolute Gasteiger partial charge is 0.162 e. The lowest BCUT2D eigenvalue weighted by Crippen LogP contribution is -2.31. The van der Waals surface area contributed by atoms with E-state index in [1.165, 1.54) is 51.4 Å². The molecule has 0 spiro atoms. The second-order valence-corrected chi connectivity index (χ2v) is 8.04. The molecule has 4 N–H and O–H groups in total. The third-order valence-electron chi connectivity index (χ3n) is 5.74. The summed E-state index contributed by atoms with van der Waals surface area (Å²) in [6, 6.07) is 0. The Morgan fingerprint density at radius 2 is 0.750 bits per heavy atom. The molecule has 2 saturated carbocycles. The van der Waals surface area contributed by atoms with Crippen molar-refractivity contribution in [2.45, 2.75) is 109 Å². The van der Waals surface area contributed by atoms with Gasteiger partial charge in [0.15, 0.2) is 5.79 Å². The van der Waals surface area contributed by atoms with Crippen molar-refractivity contribution in [1.29, 1.82) is 0 Å². The third-order valence-corrected chi connectivity index (χ3v) is 5.74. The van der Waals surface area contributed by atoms with Crippen LogP contribution < -0.4 is 0 Å². The van der Waals surface area contributed by atoms with E-state index >= 15 is 0 Å². The summed E-state index contributed by atoms with van der Waals surface area (Å²) in [6.45, 7) is 0.312. The zero-order chi connectivity index (χ0) is 17.7. The number of hydrogen-bond donors (Lipinski definition) is 4. The first kappa shape index (κ1) is 21.9. The molecule has 0 aromatic rings. The van der Waals surface area contributed by atoms with Crippen LogP contribution in [-0.4, -0.2) is 39.4 Å². The predicted molar refractivity (Wildman–Crippen MR) is 97.6 cm³/mol. The summed E-state index contributed by atoms with van der Waals surface area (Å²) in [4.78, 5) is 0. The molecule has 4 nitrogen and oxygen atoms in total. The maximum atomic E-state index is 9.61. The molecule has 2 rings (SSSR count). The minimum atomic E-state index is -1.38. The van der Waals surface area contributed by atoms with E-state index in [1.54, 1.807) is 0 Å². The molecule has 24 heavy (non-hydrogen) atoms. The largest absolute Gasteiger partial charge is 0.396 e. The van der Waals surface area contributed by atoms with Gasteiger partial charge in [0.25, 0.3) is 0 Å². The summed E-state index contributed by atoms with van der Waals surface area (Å²) >= 11 is 0. The Morgan fingerprint density at radius 3 is 1.08 bits per heavy atom. The molecule has 0 radical (unpaired) electrons. The topological polar surface area (TPSA) is 80.9 Å². The fraction of sp³-hybridized carbons (Fsp3) is 1.00. The highest BCUT2D eigenvalue weighted by molar-refractivity contribution is 4.81. The van der Waals surface area contributed by atoms with Gasteiger partial charge in [-0.3, -0.25) is 0 Å². The van der Waals surface area contributed by atoms with Crippen molar-refractivity contribution < 1.29 is 20.4 Å². The summed E-state index contributed by atoms with van der Waals surface area (Å²) in [5, 5.41) is 37.2. The number of hydrogen-bond acceptors (Lipinski definition) is 4. The number of aliphatic hydroxyl groups is 4. The molecule has 0 aromatic carbocycles. The van der Waals surface area contributed by atoms with Crippen molar-refractivity contribution in [1.82, 2.24) is 0 Å². The van der Waals surface area contributed by atoms with Crippen LogP contribution >= 0.6 is 0 Å². The molecule has 144 valence electrons. The summed E-state index contributed by atoms with van der Waals surface area (Å²) in [5.74, 6) is -1.38. The van der Waals surface area contributed by atoms with Gasteiger partial charge in [0.05, 0.1) is 13.2 Å². The van der Waals surface area contributed by atoms with Gasteiger partial charge in [-0.25, -0.2) is 0 Å². The first-order valence-corrected chi connectivity index (χ1v) is 10.2. The molecule has 0 heterocycles. The highest BCUT2D eigenvalue weighted by Gasteiger charge is 2.30. The third kappa shape index (κ3) is 9.36. The molecule has 4 heteroatoms. The van der Waals surface area contributed by atoms with Crippen LogP contribution in [0.3, 0.4) is 0 Å². The van der Waals surface area contributed by atoms with Crippen molar-refractivity contribution >= 4 is 0 Å². The van der Waals surface area contributed by atoms with E-state index in [2.05, 4.69) is 0 Å². The second-order valence-electron chi connectivity index (χ2n) is 8.04. The monoisotopic (exact) mass is 344 g/mol. The molecule has 0 bridgehead atoms. The Morgan fingerprint density at radius 1 is 0.458 bits per heavy atom. The standard InChI is InChI=1S/C12H24O2.C8H16O2/c13-12(14)10-8-6-4-2-1-3-5-7-9-11-12;9-6-8(7-10)4-2-1-3-5-8/h13-14H,1-11H2;9-10H,1-7H2. The van der Waals surface area contributed by atoms with E-state index in [9.17, 15) is 10.2 Å². The Hall–Kier alpha value is -0.160. The van der Waals surface area contributed by atoms with Gasteiger partial charge in [0, 0.05) is 18.3 Å². The van der Waals surface area contributed by atoms with Gasteiger partial charge in [-0.15, -0.1) is 0 Å². The average Bonchev–Trinajstić information content (AvgIpc) is 2.59. The van der Waals surface area contributed by atoms with Gasteiger partial charge in [0.2, 0.25) is 0 Å². The molecular weight excluding hydrogens is 304 g/mol. The van der Waals surface area contributed by atoms with Crippen LogP contribution in [0.5, 0.6) is 0 Å². The molecule has 0 unspecified atom stereocenters. The Kier molecular flexibility index (Phi) is 11.2. The molecular formula is C20H40O4. The summed E-state index contributed by atoms with van der Waals surface area (Å²) in [7, 11) is 0. The van der Waals surface area contributed by atoms with Gasteiger partial charge in [-0.2, -0.15) is 0 Å². The SMILES string of the molecule is OC1(O)CCCCCCCCCCC1.OCC1(CO)CCCCC1. The van der Waals surface area contributed by atoms with Crippen molar-refractivity contribution in [3.8, 4) is 0 Å². The van der Waals surface area contributed by atoms with E-state index in [-0.39, 0.29) is 18.6 Å². The van der Waals surface area contributed by atoms with Gasteiger partial charge >= 0.3 is 0 Å². The van der Waals surface area contributed by atoms with E-state index in [0.717, 1.165) is 38.5 Å². The normalized spacial score (nSPS) is 25.5. The zero-order valence-corrected chi connectivity index (χ0v) is 15.5. The zero-order valence-electron chi connectivity index (χ0n) is 15.5. The van der Waals surface area contributed by atoms with Crippen LogP contribution in [0.4, 0.5) is 0 Å². The van der Waals surface area contributed by atoms with Crippen LogP contribution in [0.2, 0.25) is 0 Å². The minimum Gasteiger partial charge on any atom is -0.396 e. The van der Waals surface area contributed by atoms with E-state index in [4.69, 9.17) is 10.2 Å². The lowest BCUT2D eigenvalue weighted by atomic mass is 9.75. The van der Waals surface area contributed by atoms with Crippen LogP contribution in [0.1, 0.15) is 103 Å². The number of rotatable bonds is 2. The summed E-state index contributed by atoms with van der Waals surface area (Å²) in [6.07, 6.45) is 17.5. The first-order valence-electron chi connectivity index (χ1n) is 10.2. The molecule has 2 aliphatic carbocycles. The summed E-state index contributed by atoms with van der Waals surface area (Å²) < 4.78 is 0. The molecule has 0 aliphatic heterocycles. The molecule has 2 aliphatic rings. The molecule has 0 atom stereocenters. The molecule has 0 aromatic heterocycles. The van der Waals surface area contributed by atoms with Gasteiger partial charge in [-0.1, -0.05) is 64.2 Å². The maximum Gasteiger partial charge on any atom is 0.162 e. The minimum absolute atomic E-state index is 0.127. The summed E-state index contributed by atoms with van der Waals surface area (Å²) in [5.41, 5.74) is -0.127.